The van der Waals surface area contributed by atoms with Gasteiger partial charge in [0, 0.05) is 5.56 Å². The second kappa shape index (κ2) is 4.15. The molecule has 88 valence electrons. The van der Waals surface area contributed by atoms with E-state index in [4.69, 9.17) is 4.42 Å². The summed E-state index contributed by atoms with van der Waals surface area (Å²) in [6.45, 7) is 1.83. The third-order valence-corrected chi connectivity index (χ3v) is 3.00. The van der Waals surface area contributed by atoms with Gasteiger partial charge in [-0.25, -0.2) is 0 Å². The maximum atomic E-state index is 12.4. The number of furan rings is 1. The highest BCUT2D eigenvalue weighted by atomic mass is 16.3. The van der Waals surface area contributed by atoms with Crippen molar-refractivity contribution in [3.8, 4) is 0 Å². The average Bonchev–Trinajstić information content (AvgIpc) is 2.84. The van der Waals surface area contributed by atoms with Crippen LogP contribution in [0.4, 0.5) is 0 Å². The first-order valence-corrected chi connectivity index (χ1v) is 5.84. The number of ketones is 1. The molecule has 3 aromatic rings. The lowest BCUT2D eigenvalue weighted by Crippen LogP contribution is -2.00. The molecule has 0 unspecified atom stereocenters. The number of hydrogen-bond acceptors (Lipinski definition) is 2. The summed E-state index contributed by atoms with van der Waals surface area (Å²) in [5.74, 6) is 1.07. The van der Waals surface area contributed by atoms with Crippen LogP contribution in [0.5, 0.6) is 0 Å². The van der Waals surface area contributed by atoms with Crippen LogP contribution in [0.15, 0.2) is 59.0 Å². The van der Waals surface area contributed by atoms with Crippen molar-refractivity contribution in [3.63, 3.8) is 0 Å². The molecule has 0 amide bonds. The van der Waals surface area contributed by atoms with Gasteiger partial charge in [0.05, 0.1) is 0 Å². The second-order valence-corrected chi connectivity index (χ2v) is 4.27. The summed E-state index contributed by atoms with van der Waals surface area (Å²) in [5, 5.41) is 2.02. The molecule has 0 atom stereocenters. The summed E-state index contributed by atoms with van der Waals surface area (Å²) in [5.41, 5.74) is 0.683. The number of carbonyl (C=O) groups is 1. The zero-order chi connectivity index (χ0) is 12.5. The minimum atomic E-state index is -0.0695. The van der Waals surface area contributed by atoms with Crippen molar-refractivity contribution in [2.75, 3.05) is 0 Å². The standard InChI is InChI=1S/C16H12O2/c1-11-9-10-15(18-11)16(17)14-8-4-6-12-5-2-3-7-13(12)14/h2-10H,1H3. The first-order chi connectivity index (χ1) is 8.75. The molecule has 0 bridgehead atoms. The van der Waals surface area contributed by atoms with Crippen LogP contribution in [0, 0.1) is 6.92 Å². The first-order valence-electron chi connectivity index (χ1n) is 5.84. The molecule has 3 rings (SSSR count). The van der Waals surface area contributed by atoms with Crippen LogP contribution in [-0.2, 0) is 0 Å². The largest absolute Gasteiger partial charge is 0.458 e. The van der Waals surface area contributed by atoms with Gasteiger partial charge in [-0.05, 0) is 29.8 Å². The minimum absolute atomic E-state index is 0.0695. The monoisotopic (exact) mass is 236 g/mol. The summed E-state index contributed by atoms with van der Waals surface area (Å²) < 4.78 is 5.40. The van der Waals surface area contributed by atoms with E-state index >= 15 is 0 Å². The highest BCUT2D eigenvalue weighted by Crippen LogP contribution is 2.22. The summed E-state index contributed by atoms with van der Waals surface area (Å²) in [6, 6.07) is 17.1. The maximum absolute atomic E-state index is 12.4. The molecule has 0 aliphatic carbocycles. The van der Waals surface area contributed by atoms with Crippen LogP contribution >= 0.6 is 0 Å². The molecule has 0 fully saturated rings. The molecule has 1 heterocycles. The first kappa shape index (κ1) is 10.8. The Morgan fingerprint density at radius 2 is 1.72 bits per heavy atom. The van der Waals surface area contributed by atoms with Gasteiger partial charge in [0.25, 0.3) is 0 Å². The van der Waals surface area contributed by atoms with Crippen LogP contribution in [0.2, 0.25) is 0 Å². The lowest BCUT2D eigenvalue weighted by atomic mass is 10.0. The number of hydrogen-bond donors (Lipinski definition) is 0. The minimum Gasteiger partial charge on any atom is -0.458 e. The predicted molar refractivity (Wildman–Crippen MR) is 70.8 cm³/mol. The zero-order valence-electron chi connectivity index (χ0n) is 10.0. The molecule has 0 aliphatic heterocycles. The fourth-order valence-corrected chi connectivity index (χ4v) is 2.11. The smallest absolute Gasteiger partial charge is 0.228 e. The molecule has 0 N–H and O–H groups in total. The van der Waals surface area contributed by atoms with Crippen molar-refractivity contribution in [2.24, 2.45) is 0 Å². The van der Waals surface area contributed by atoms with E-state index in [1.165, 1.54) is 0 Å². The molecule has 2 nitrogen and oxygen atoms in total. The molecule has 0 spiro atoms. The van der Waals surface area contributed by atoms with Gasteiger partial charge in [0.15, 0.2) is 5.76 Å². The number of carbonyl (C=O) groups excluding carboxylic acids is 1. The lowest BCUT2D eigenvalue weighted by molar-refractivity contribution is 0.101. The fourth-order valence-electron chi connectivity index (χ4n) is 2.11. The van der Waals surface area contributed by atoms with Gasteiger partial charge < -0.3 is 4.42 Å². The topological polar surface area (TPSA) is 30.2 Å². The molecule has 0 saturated carbocycles. The Morgan fingerprint density at radius 1 is 0.944 bits per heavy atom. The van der Waals surface area contributed by atoms with Crippen molar-refractivity contribution in [1.29, 1.82) is 0 Å². The Kier molecular flexibility index (Phi) is 2.49. The Hall–Kier alpha value is -2.35. The fraction of sp³-hybridized carbons (Fsp3) is 0.0625. The average molecular weight is 236 g/mol. The van der Waals surface area contributed by atoms with Crippen molar-refractivity contribution in [3.05, 3.63) is 71.7 Å². The normalized spacial score (nSPS) is 10.7. The summed E-state index contributed by atoms with van der Waals surface area (Å²) in [6.07, 6.45) is 0. The predicted octanol–water partition coefficient (Wildman–Crippen LogP) is 3.97. The highest BCUT2D eigenvalue weighted by Gasteiger charge is 2.15. The SMILES string of the molecule is Cc1ccc(C(=O)c2cccc3ccccc23)o1. The zero-order valence-corrected chi connectivity index (χ0v) is 10.0. The van der Waals surface area contributed by atoms with Gasteiger partial charge in [-0.1, -0.05) is 42.5 Å². The molecular formula is C16H12O2. The van der Waals surface area contributed by atoms with Crippen LogP contribution in [0.3, 0.4) is 0 Å². The molecule has 2 heteroatoms. The van der Waals surface area contributed by atoms with Crippen LogP contribution < -0.4 is 0 Å². The van der Waals surface area contributed by atoms with Crippen molar-refractivity contribution in [1.82, 2.24) is 0 Å². The van der Waals surface area contributed by atoms with Gasteiger partial charge in [-0.2, -0.15) is 0 Å². The van der Waals surface area contributed by atoms with Gasteiger partial charge >= 0.3 is 0 Å². The maximum Gasteiger partial charge on any atom is 0.228 e. The van der Waals surface area contributed by atoms with Crippen LogP contribution in [0.25, 0.3) is 10.8 Å². The van der Waals surface area contributed by atoms with Gasteiger partial charge in [-0.15, -0.1) is 0 Å². The van der Waals surface area contributed by atoms with Crippen molar-refractivity contribution >= 4 is 16.6 Å². The number of fused-ring (bicyclic) bond motifs is 1. The molecule has 0 aliphatic rings. The van der Waals surface area contributed by atoms with Crippen molar-refractivity contribution in [2.45, 2.75) is 6.92 Å². The van der Waals surface area contributed by atoms with Gasteiger partial charge in [0.1, 0.15) is 5.76 Å². The van der Waals surface area contributed by atoms with E-state index in [1.54, 1.807) is 12.1 Å². The quantitative estimate of drug-likeness (QED) is 0.630. The Morgan fingerprint density at radius 3 is 2.50 bits per heavy atom. The van der Waals surface area contributed by atoms with E-state index in [1.807, 2.05) is 49.4 Å². The third kappa shape index (κ3) is 1.72. The Bertz CT molecular complexity index is 717. The number of benzene rings is 2. The molecule has 2 aromatic carbocycles. The van der Waals surface area contributed by atoms with E-state index in [0.717, 1.165) is 16.5 Å². The van der Waals surface area contributed by atoms with Gasteiger partial charge in [-0.3, -0.25) is 4.79 Å². The lowest BCUT2D eigenvalue weighted by Gasteiger charge is -2.03. The van der Waals surface area contributed by atoms with E-state index in [-0.39, 0.29) is 5.78 Å². The summed E-state index contributed by atoms with van der Waals surface area (Å²) in [4.78, 5) is 12.4. The molecule has 0 saturated heterocycles. The molecular weight excluding hydrogens is 224 g/mol. The molecule has 18 heavy (non-hydrogen) atoms. The number of rotatable bonds is 2. The molecule has 0 radical (unpaired) electrons. The second-order valence-electron chi connectivity index (χ2n) is 4.27. The highest BCUT2D eigenvalue weighted by molar-refractivity contribution is 6.15. The summed E-state index contributed by atoms with van der Waals surface area (Å²) in [7, 11) is 0. The van der Waals surface area contributed by atoms with E-state index < -0.39 is 0 Å². The Labute approximate surface area is 105 Å². The Balaban J connectivity index is 2.17. The van der Waals surface area contributed by atoms with Crippen LogP contribution in [-0.4, -0.2) is 5.78 Å². The van der Waals surface area contributed by atoms with E-state index in [2.05, 4.69) is 0 Å². The van der Waals surface area contributed by atoms with Gasteiger partial charge in [0.2, 0.25) is 5.78 Å². The molecule has 1 aromatic heterocycles. The number of aryl methyl sites for hydroxylation is 1. The van der Waals surface area contributed by atoms with Crippen LogP contribution in [0.1, 0.15) is 21.9 Å². The van der Waals surface area contributed by atoms with E-state index in [9.17, 15) is 4.79 Å². The van der Waals surface area contributed by atoms with E-state index in [0.29, 0.717) is 11.3 Å². The summed E-state index contributed by atoms with van der Waals surface area (Å²) >= 11 is 0. The van der Waals surface area contributed by atoms with Crippen molar-refractivity contribution < 1.29 is 9.21 Å². The third-order valence-electron chi connectivity index (χ3n) is 3.00.